The van der Waals surface area contributed by atoms with Gasteiger partial charge in [-0.1, -0.05) is 101 Å². The van der Waals surface area contributed by atoms with E-state index >= 15 is 0 Å². The van der Waals surface area contributed by atoms with E-state index in [2.05, 4.69) is 46.8 Å². The Kier molecular flexibility index (Phi) is 9.04. The van der Waals surface area contributed by atoms with Crippen LogP contribution in [0.1, 0.15) is 113 Å². The van der Waals surface area contributed by atoms with Gasteiger partial charge in [-0.3, -0.25) is 9.59 Å². The summed E-state index contributed by atoms with van der Waals surface area (Å²) in [6.45, 7) is 11.6. The number of aliphatic hydroxyl groups is 1. The number of hydrogen-bond acceptors (Lipinski definition) is 5. The summed E-state index contributed by atoms with van der Waals surface area (Å²) in [6, 6.07) is 20.8. The summed E-state index contributed by atoms with van der Waals surface area (Å²) >= 11 is 0. The largest absolute Gasteiger partial charge is 0.478 e. The van der Waals surface area contributed by atoms with E-state index < -0.39 is 28.9 Å². The van der Waals surface area contributed by atoms with Gasteiger partial charge in [0.25, 0.3) is 5.91 Å². The van der Waals surface area contributed by atoms with E-state index in [4.69, 9.17) is 0 Å². The first-order valence-electron chi connectivity index (χ1n) is 18.6. The third kappa shape index (κ3) is 6.26. The van der Waals surface area contributed by atoms with Crippen LogP contribution in [-0.2, 0) is 0 Å². The van der Waals surface area contributed by atoms with Gasteiger partial charge in [-0.15, -0.1) is 0 Å². The fourth-order valence-corrected chi connectivity index (χ4v) is 9.80. The highest BCUT2D eigenvalue weighted by molar-refractivity contribution is 6.02. The van der Waals surface area contributed by atoms with Crippen molar-refractivity contribution in [2.45, 2.75) is 65.9 Å². The van der Waals surface area contributed by atoms with Gasteiger partial charge in [0.15, 0.2) is 5.78 Å². The second-order valence-electron chi connectivity index (χ2n) is 16.8. The minimum atomic E-state index is -1.20. The number of allylic oxidation sites excluding steroid dienone is 4. The van der Waals surface area contributed by atoms with Crippen LogP contribution in [0.5, 0.6) is 0 Å². The highest BCUT2D eigenvalue weighted by Crippen LogP contribution is 2.56. The van der Waals surface area contributed by atoms with E-state index in [-0.39, 0.29) is 40.1 Å². The van der Waals surface area contributed by atoms with Gasteiger partial charge < -0.3 is 20.2 Å². The third-order valence-electron chi connectivity index (χ3n) is 12.4. The molecule has 0 saturated carbocycles. The average Bonchev–Trinajstić information content (AvgIpc) is 3.13. The maximum atomic E-state index is 14.0. The quantitative estimate of drug-likeness (QED) is 0.164. The van der Waals surface area contributed by atoms with Crippen molar-refractivity contribution in [1.29, 1.82) is 0 Å². The van der Waals surface area contributed by atoms with Crippen LogP contribution in [0, 0.1) is 22.2 Å². The van der Waals surface area contributed by atoms with Crippen molar-refractivity contribution in [3.8, 4) is 0 Å². The Morgan fingerprint density at radius 2 is 1.19 bits per heavy atom. The molecule has 54 heavy (non-hydrogen) atoms. The van der Waals surface area contributed by atoms with Gasteiger partial charge >= 0.3 is 11.9 Å². The highest BCUT2D eigenvalue weighted by atomic mass is 16.4. The second kappa shape index (κ2) is 13.2. The Balaban J connectivity index is 1.06. The molecular formula is C46H47NO7. The molecule has 0 bridgehead atoms. The molecule has 3 aromatic carbocycles. The van der Waals surface area contributed by atoms with E-state index in [1.807, 2.05) is 29.2 Å². The smallest absolute Gasteiger partial charge is 0.335 e. The number of ketones is 1. The summed E-state index contributed by atoms with van der Waals surface area (Å²) in [6.07, 6.45) is 10.2. The fourth-order valence-electron chi connectivity index (χ4n) is 9.80. The Labute approximate surface area is 316 Å². The summed E-state index contributed by atoms with van der Waals surface area (Å²) < 4.78 is 0. The third-order valence-corrected chi connectivity index (χ3v) is 12.4. The Morgan fingerprint density at radius 3 is 1.76 bits per heavy atom. The van der Waals surface area contributed by atoms with Gasteiger partial charge in [-0.2, -0.15) is 0 Å². The number of hydrogen-bond donors (Lipinski definition) is 3. The molecule has 1 amide bonds. The molecule has 8 heteroatoms. The molecule has 3 aromatic rings. The highest BCUT2D eigenvalue weighted by Gasteiger charge is 2.49. The minimum absolute atomic E-state index is 0.0962. The van der Waals surface area contributed by atoms with E-state index in [0.717, 1.165) is 34.3 Å². The number of carboxylic acid groups (broad SMARTS) is 2. The summed E-state index contributed by atoms with van der Waals surface area (Å²) in [5, 5.41) is 30.7. The van der Waals surface area contributed by atoms with Gasteiger partial charge in [0.2, 0.25) is 0 Å². The Morgan fingerprint density at radius 1 is 0.648 bits per heavy atom. The Hall–Kier alpha value is -5.34. The van der Waals surface area contributed by atoms with Crippen molar-refractivity contribution in [1.82, 2.24) is 4.90 Å². The first-order valence-corrected chi connectivity index (χ1v) is 18.6. The summed E-state index contributed by atoms with van der Waals surface area (Å²) in [5.74, 6) is -2.61. The molecule has 0 saturated heterocycles. The molecule has 1 heterocycles. The number of fused-ring (bicyclic) bond motifs is 2. The maximum Gasteiger partial charge on any atom is 0.335 e. The molecule has 4 aliphatic rings. The van der Waals surface area contributed by atoms with Crippen LogP contribution in [0.25, 0.3) is 11.1 Å². The molecule has 0 spiro atoms. The number of amides is 1. The Bertz CT molecular complexity index is 2050. The molecule has 8 nitrogen and oxygen atoms in total. The summed E-state index contributed by atoms with van der Waals surface area (Å²) in [7, 11) is 0. The van der Waals surface area contributed by atoms with Crippen molar-refractivity contribution in [2.24, 2.45) is 22.2 Å². The maximum absolute atomic E-state index is 14.0. The molecule has 1 unspecified atom stereocenters. The van der Waals surface area contributed by atoms with Gasteiger partial charge in [0.1, 0.15) is 0 Å². The second-order valence-corrected chi connectivity index (χ2v) is 16.8. The summed E-state index contributed by atoms with van der Waals surface area (Å²) in [4.78, 5) is 52.7. The van der Waals surface area contributed by atoms with Crippen LogP contribution in [0.15, 0.2) is 108 Å². The molecule has 3 aliphatic carbocycles. The lowest BCUT2D eigenvalue weighted by Crippen LogP contribution is -2.48. The van der Waals surface area contributed by atoms with E-state index in [1.54, 1.807) is 60.7 Å². The molecule has 1 aliphatic heterocycles. The van der Waals surface area contributed by atoms with Crippen molar-refractivity contribution in [3.63, 3.8) is 0 Å². The molecule has 278 valence electrons. The van der Waals surface area contributed by atoms with Crippen molar-refractivity contribution in [3.05, 3.63) is 142 Å². The lowest BCUT2D eigenvalue weighted by molar-refractivity contribution is 0.0278. The fraction of sp³-hybridized carbons (Fsp3) is 0.348. The van der Waals surface area contributed by atoms with Crippen molar-refractivity contribution in [2.75, 3.05) is 13.1 Å². The molecule has 3 N–H and O–H groups in total. The first-order chi connectivity index (χ1) is 25.4. The predicted molar refractivity (Wildman–Crippen MR) is 208 cm³/mol. The molecule has 0 fully saturated rings. The number of carbonyl (C=O) groups excluding carboxylic acids is 2. The summed E-state index contributed by atoms with van der Waals surface area (Å²) in [5.41, 5.74) is 5.22. The molecule has 0 aromatic heterocycles. The zero-order valence-electron chi connectivity index (χ0n) is 31.5. The van der Waals surface area contributed by atoms with Crippen LogP contribution in [0.2, 0.25) is 0 Å². The van der Waals surface area contributed by atoms with Crippen LogP contribution in [-0.4, -0.2) is 62.5 Å². The van der Waals surface area contributed by atoms with E-state index in [0.29, 0.717) is 37.1 Å². The van der Waals surface area contributed by atoms with Gasteiger partial charge in [0, 0.05) is 46.4 Å². The van der Waals surface area contributed by atoms with Crippen molar-refractivity contribution < 1.29 is 34.5 Å². The number of nitrogens with zero attached hydrogens (tertiary/aromatic N) is 1. The lowest BCUT2D eigenvalue weighted by Gasteiger charge is -2.50. The number of carboxylic acids is 2. The molecular weight excluding hydrogens is 679 g/mol. The predicted octanol–water partition coefficient (Wildman–Crippen LogP) is 8.75. The molecule has 3 atom stereocenters. The number of aromatic carboxylic acids is 2. The molecule has 0 radical (unpaired) electrons. The van der Waals surface area contributed by atoms with E-state index in [9.17, 15) is 34.5 Å². The standard InChI is InChI=1S/C46H47NO7/c1-43(2)35(28-9-13-30(14-10-28)41(50)51)19-22-45(5)27-47(24-21-37(43)45)40(49)33-8-6-7-32(25-33)39(48)34-17-18-38-44(3,4)36(20-23-46(38,54)26-34)29-11-15-31(16-12-29)42(52)53/h6-16,18-21,25,34,54H,17,22-24,26-27H2,1-5H3,(H,50,51)(H,52,53)/t34?,45-,46+/m1/s1. The topological polar surface area (TPSA) is 132 Å². The van der Waals surface area contributed by atoms with Crippen molar-refractivity contribution >= 4 is 34.8 Å². The number of benzene rings is 3. The monoisotopic (exact) mass is 725 g/mol. The van der Waals surface area contributed by atoms with Crippen LogP contribution in [0.4, 0.5) is 0 Å². The zero-order valence-corrected chi connectivity index (χ0v) is 31.5. The zero-order chi connectivity index (χ0) is 38.8. The number of Topliss-reactive ketones (excluding diaryl/α,β-unsaturated/α-hetero) is 1. The normalized spacial score (nSPS) is 25.5. The minimum Gasteiger partial charge on any atom is -0.478 e. The van der Waals surface area contributed by atoms with Crippen LogP contribution in [0.3, 0.4) is 0 Å². The van der Waals surface area contributed by atoms with Gasteiger partial charge in [0.05, 0.1) is 16.7 Å². The first kappa shape index (κ1) is 37.0. The van der Waals surface area contributed by atoms with Gasteiger partial charge in [-0.25, -0.2) is 9.59 Å². The SMILES string of the molecule is CC1(C)C(c2ccc(C(=O)O)cc2)=CC[C@]2(C)CN(C(=O)c3cccc(C(=O)C4CC=C5C(C)(C)C(c6ccc(C(=O)O)cc6)=CC[C@]5(O)C4)c3)CC=C12. The van der Waals surface area contributed by atoms with Crippen LogP contribution >= 0.6 is 0 Å². The molecule has 7 rings (SSSR count). The number of rotatable bonds is 7. The average molecular weight is 726 g/mol. The van der Waals surface area contributed by atoms with Gasteiger partial charge in [-0.05, 0) is 89.9 Å². The number of carbonyl (C=O) groups is 4. The lowest BCUT2D eigenvalue weighted by atomic mass is 9.58. The van der Waals surface area contributed by atoms with Crippen LogP contribution < -0.4 is 0 Å². The van der Waals surface area contributed by atoms with E-state index in [1.165, 1.54) is 5.57 Å².